The van der Waals surface area contributed by atoms with Crippen molar-refractivity contribution in [2.24, 2.45) is 0 Å². The van der Waals surface area contributed by atoms with Gasteiger partial charge in [0, 0.05) is 5.56 Å². The molecule has 98 valence electrons. The molecule has 0 unspecified atom stereocenters. The number of ether oxygens (including phenoxy) is 1. The Kier molecular flexibility index (Phi) is 3.21. The van der Waals surface area contributed by atoms with Crippen molar-refractivity contribution in [1.82, 2.24) is 0 Å². The highest BCUT2D eigenvalue weighted by Crippen LogP contribution is 2.27. The molecule has 20 heavy (non-hydrogen) atoms. The van der Waals surface area contributed by atoms with Crippen molar-refractivity contribution in [3.8, 4) is 16.9 Å². The molecule has 0 spiro atoms. The summed E-state index contributed by atoms with van der Waals surface area (Å²) in [7, 11) is 1.67. The molecule has 0 aromatic heterocycles. The molecule has 3 aromatic rings. The van der Waals surface area contributed by atoms with E-state index in [1.165, 1.54) is 0 Å². The van der Waals surface area contributed by atoms with Crippen LogP contribution in [0.3, 0.4) is 0 Å². The van der Waals surface area contributed by atoms with Gasteiger partial charge in [0.2, 0.25) is 0 Å². The quantitative estimate of drug-likeness (QED) is 0.657. The number of carbonyl (C=O) groups excluding carboxylic acids is 1. The number of carbonyl (C=O) groups is 1. The lowest BCUT2D eigenvalue weighted by atomic mass is 10.00. The fraction of sp³-hybridized carbons (Fsp3) is 0.0556. The molecule has 0 N–H and O–H groups in total. The van der Waals surface area contributed by atoms with E-state index in [0.29, 0.717) is 5.56 Å². The van der Waals surface area contributed by atoms with Crippen molar-refractivity contribution in [2.45, 2.75) is 0 Å². The SMILES string of the molecule is COc1ccc2cc(-c3cccc(C=O)c3)ccc2c1. The van der Waals surface area contributed by atoms with Crippen LogP contribution in [0, 0.1) is 0 Å². The summed E-state index contributed by atoms with van der Waals surface area (Å²) in [5.74, 6) is 0.855. The Morgan fingerprint density at radius 3 is 2.40 bits per heavy atom. The van der Waals surface area contributed by atoms with Gasteiger partial charge >= 0.3 is 0 Å². The molecule has 0 amide bonds. The summed E-state index contributed by atoms with van der Waals surface area (Å²) < 4.78 is 5.23. The monoisotopic (exact) mass is 262 g/mol. The highest BCUT2D eigenvalue weighted by atomic mass is 16.5. The summed E-state index contributed by atoms with van der Waals surface area (Å²) in [5.41, 5.74) is 2.84. The lowest BCUT2D eigenvalue weighted by molar-refractivity contribution is 0.112. The number of benzene rings is 3. The van der Waals surface area contributed by atoms with Crippen LogP contribution in [-0.2, 0) is 0 Å². The van der Waals surface area contributed by atoms with E-state index in [2.05, 4.69) is 18.2 Å². The average Bonchev–Trinajstić information content (AvgIpc) is 2.54. The van der Waals surface area contributed by atoms with Gasteiger partial charge in [0.15, 0.2) is 0 Å². The van der Waals surface area contributed by atoms with Crippen molar-refractivity contribution in [3.63, 3.8) is 0 Å². The summed E-state index contributed by atoms with van der Waals surface area (Å²) in [6.07, 6.45) is 0.870. The van der Waals surface area contributed by atoms with Crippen LogP contribution >= 0.6 is 0 Å². The zero-order chi connectivity index (χ0) is 13.9. The Morgan fingerprint density at radius 2 is 1.60 bits per heavy atom. The van der Waals surface area contributed by atoms with Crippen LogP contribution in [0.5, 0.6) is 5.75 Å². The number of hydrogen-bond donors (Lipinski definition) is 0. The van der Waals surface area contributed by atoms with Crippen LogP contribution in [0.1, 0.15) is 10.4 Å². The lowest BCUT2D eigenvalue weighted by Crippen LogP contribution is -1.85. The Hall–Kier alpha value is -2.61. The largest absolute Gasteiger partial charge is 0.497 e. The molecule has 0 saturated heterocycles. The second-order valence-corrected chi connectivity index (χ2v) is 4.67. The van der Waals surface area contributed by atoms with E-state index in [1.54, 1.807) is 7.11 Å². The van der Waals surface area contributed by atoms with Gasteiger partial charge in [0.1, 0.15) is 12.0 Å². The average molecular weight is 262 g/mol. The first-order valence-corrected chi connectivity index (χ1v) is 6.43. The van der Waals surface area contributed by atoms with Crippen LogP contribution in [0.2, 0.25) is 0 Å². The number of aldehydes is 1. The van der Waals surface area contributed by atoms with Crippen molar-refractivity contribution in [1.29, 1.82) is 0 Å². The maximum absolute atomic E-state index is 10.9. The Morgan fingerprint density at radius 1 is 0.850 bits per heavy atom. The van der Waals surface area contributed by atoms with E-state index in [9.17, 15) is 4.79 Å². The number of methoxy groups -OCH3 is 1. The van der Waals surface area contributed by atoms with Gasteiger partial charge in [0.05, 0.1) is 7.11 Å². The summed E-state index contributed by atoms with van der Waals surface area (Å²) in [6, 6.07) is 19.9. The first-order valence-electron chi connectivity index (χ1n) is 6.43. The molecule has 0 saturated carbocycles. The first-order chi connectivity index (χ1) is 9.80. The minimum atomic E-state index is 0.692. The highest BCUT2D eigenvalue weighted by Gasteiger charge is 2.02. The lowest BCUT2D eigenvalue weighted by Gasteiger charge is -2.06. The third kappa shape index (κ3) is 2.28. The Balaban J connectivity index is 2.10. The van der Waals surface area contributed by atoms with E-state index in [4.69, 9.17) is 4.74 Å². The normalized spacial score (nSPS) is 10.4. The van der Waals surface area contributed by atoms with Gasteiger partial charge in [-0.15, -0.1) is 0 Å². The third-order valence-electron chi connectivity index (χ3n) is 3.40. The zero-order valence-corrected chi connectivity index (χ0v) is 11.2. The van der Waals surface area contributed by atoms with E-state index in [-0.39, 0.29) is 0 Å². The second-order valence-electron chi connectivity index (χ2n) is 4.67. The molecule has 0 radical (unpaired) electrons. The molecule has 3 aromatic carbocycles. The molecule has 0 aliphatic carbocycles. The smallest absolute Gasteiger partial charge is 0.150 e. The second kappa shape index (κ2) is 5.17. The number of rotatable bonds is 3. The van der Waals surface area contributed by atoms with Crippen molar-refractivity contribution < 1.29 is 9.53 Å². The van der Waals surface area contributed by atoms with Crippen molar-refractivity contribution in [3.05, 3.63) is 66.2 Å². The maximum atomic E-state index is 10.9. The molecule has 2 nitrogen and oxygen atoms in total. The van der Waals surface area contributed by atoms with E-state index in [0.717, 1.165) is 33.9 Å². The van der Waals surface area contributed by atoms with Gasteiger partial charge in [-0.25, -0.2) is 0 Å². The van der Waals surface area contributed by atoms with E-state index in [1.807, 2.05) is 42.5 Å². The summed E-state index contributed by atoms with van der Waals surface area (Å²) in [6.45, 7) is 0. The molecule has 0 fully saturated rings. The molecule has 0 heterocycles. The van der Waals surface area contributed by atoms with Gasteiger partial charge in [-0.1, -0.05) is 36.4 Å². The molecular formula is C18H14O2. The van der Waals surface area contributed by atoms with Crippen LogP contribution in [-0.4, -0.2) is 13.4 Å². The predicted molar refractivity (Wildman–Crippen MR) is 81.3 cm³/mol. The van der Waals surface area contributed by atoms with Gasteiger partial charge in [-0.05, 0) is 46.2 Å². The highest BCUT2D eigenvalue weighted by molar-refractivity contribution is 5.89. The molecule has 0 bridgehead atoms. The Bertz CT molecular complexity index is 775. The van der Waals surface area contributed by atoms with Gasteiger partial charge in [-0.3, -0.25) is 4.79 Å². The van der Waals surface area contributed by atoms with E-state index < -0.39 is 0 Å². The fourth-order valence-electron chi connectivity index (χ4n) is 2.32. The molecule has 0 aliphatic rings. The molecular weight excluding hydrogens is 248 g/mol. The third-order valence-corrected chi connectivity index (χ3v) is 3.40. The minimum Gasteiger partial charge on any atom is -0.497 e. The van der Waals surface area contributed by atoms with Crippen LogP contribution in [0.25, 0.3) is 21.9 Å². The van der Waals surface area contributed by atoms with Crippen LogP contribution in [0.15, 0.2) is 60.7 Å². The number of fused-ring (bicyclic) bond motifs is 1. The molecule has 0 aliphatic heterocycles. The Labute approximate surface area is 117 Å². The van der Waals surface area contributed by atoms with Gasteiger partial charge in [-0.2, -0.15) is 0 Å². The summed E-state index contributed by atoms with van der Waals surface area (Å²) in [4.78, 5) is 10.9. The fourth-order valence-corrected chi connectivity index (χ4v) is 2.32. The van der Waals surface area contributed by atoms with E-state index >= 15 is 0 Å². The first kappa shape index (κ1) is 12.4. The molecule has 2 heteroatoms. The maximum Gasteiger partial charge on any atom is 0.150 e. The van der Waals surface area contributed by atoms with Gasteiger partial charge < -0.3 is 4.74 Å². The summed E-state index contributed by atoms with van der Waals surface area (Å²) in [5, 5.41) is 2.29. The van der Waals surface area contributed by atoms with Gasteiger partial charge in [0.25, 0.3) is 0 Å². The van der Waals surface area contributed by atoms with Crippen molar-refractivity contribution >= 4 is 17.1 Å². The summed E-state index contributed by atoms with van der Waals surface area (Å²) >= 11 is 0. The standard InChI is InChI=1S/C18H14O2/c1-20-18-8-7-16-10-15(5-6-17(16)11-18)14-4-2-3-13(9-14)12-19/h2-12H,1H3. The molecule has 0 atom stereocenters. The van der Waals surface area contributed by atoms with Crippen LogP contribution < -0.4 is 4.74 Å². The molecule has 3 rings (SSSR count). The van der Waals surface area contributed by atoms with Crippen molar-refractivity contribution in [2.75, 3.05) is 7.11 Å². The van der Waals surface area contributed by atoms with Crippen LogP contribution in [0.4, 0.5) is 0 Å². The predicted octanol–water partition coefficient (Wildman–Crippen LogP) is 4.33. The topological polar surface area (TPSA) is 26.3 Å². The zero-order valence-electron chi connectivity index (χ0n) is 11.2. The minimum absolute atomic E-state index is 0.692. The number of hydrogen-bond acceptors (Lipinski definition) is 2.